The molecule has 206 valence electrons. The lowest BCUT2D eigenvalue weighted by atomic mass is 10.0. The van der Waals surface area contributed by atoms with Gasteiger partial charge in [0.25, 0.3) is 5.91 Å². The van der Waals surface area contributed by atoms with Gasteiger partial charge in [0.1, 0.15) is 0 Å². The van der Waals surface area contributed by atoms with Crippen molar-refractivity contribution in [2.24, 2.45) is 4.99 Å². The lowest BCUT2D eigenvalue weighted by Crippen LogP contribution is -2.48. The molecular weight excluding hydrogens is 512 g/mol. The zero-order valence-corrected chi connectivity index (χ0v) is 24.1. The smallest absolute Gasteiger partial charge is 0.277 e. The normalized spacial score (nSPS) is 17.9. The van der Waals surface area contributed by atoms with Gasteiger partial charge in [-0.15, -0.1) is 0 Å². The number of benzene rings is 3. The Balaban J connectivity index is 1.72. The summed E-state index contributed by atoms with van der Waals surface area (Å²) in [6.45, 7) is 4.23. The summed E-state index contributed by atoms with van der Waals surface area (Å²) >= 11 is 0. The van der Waals surface area contributed by atoms with E-state index in [4.69, 9.17) is 4.74 Å². The van der Waals surface area contributed by atoms with Crippen LogP contribution in [0.1, 0.15) is 35.3 Å². The molecule has 0 spiro atoms. The Morgan fingerprint density at radius 3 is 1.74 bits per heavy atom. The number of ether oxygens (including phenoxy) is 1. The first-order chi connectivity index (χ1) is 18.5. The quantitative estimate of drug-likeness (QED) is 0.410. The van der Waals surface area contributed by atoms with Crippen LogP contribution in [0, 0.1) is 0 Å². The van der Waals surface area contributed by atoms with Gasteiger partial charge in [-0.2, -0.15) is 4.31 Å². The van der Waals surface area contributed by atoms with Crippen LogP contribution in [0.25, 0.3) is 0 Å². The molecule has 0 radical (unpaired) electrons. The van der Waals surface area contributed by atoms with Crippen LogP contribution in [0.3, 0.4) is 0 Å². The predicted octanol–water partition coefficient (Wildman–Crippen LogP) is 4.29. The second-order valence-corrected chi connectivity index (χ2v) is 12.2. The van der Waals surface area contributed by atoms with Crippen LogP contribution in [0.2, 0.25) is 0 Å². The van der Waals surface area contributed by atoms with Crippen LogP contribution in [-0.2, 0) is 14.8 Å². The van der Waals surface area contributed by atoms with E-state index in [1.54, 1.807) is 12.1 Å². The van der Waals surface area contributed by atoms with Gasteiger partial charge in [-0.1, -0.05) is 30.3 Å². The summed E-state index contributed by atoms with van der Waals surface area (Å²) < 4.78 is 33.9. The van der Waals surface area contributed by atoms with Crippen molar-refractivity contribution >= 4 is 33.0 Å². The van der Waals surface area contributed by atoms with E-state index in [0.29, 0.717) is 5.71 Å². The highest BCUT2D eigenvalue weighted by atomic mass is 32.2. The molecule has 1 saturated heterocycles. The lowest BCUT2D eigenvalue weighted by Gasteiger charge is -2.34. The van der Waals surface area contributed by atoms with Crippen molar-refractivity contribution in [2.45, 2.75) is 31.0 Å². The van der Waals surface area contributed by atoms with Gasteiger partial charge in [0.15, 0.2) is 0 Å². The molecule has 3 aromatic rings. The number of amides is 1. The molecule has 2 unspecified atom stereocenters. The summed E-state index contributed by atoms with van der Waals surface area (Å²) in [6, 6.07) is 21.7. The van der Waals surface area contributed by atoms with E-state index in [9.17, 15) is 13.2 Å². The van der Waals surface area contributed by atoms with E-state index in [-0.39, 0.29) is 35.8 Å². The summed E-state index contributed by atoms with van der Waals surface area (Å²) in [5.74, 6) is -0.515. The van der Waals surface area contributed by atoms with Gasteiger partial charge in [-0.25, -0.2) is 13.4 Å². The minimum Gasteiger partial charge on any atom is -0.378 e. The Kier molecular flexibility index (Phi) is 8.54. The van der Waals surface area contributed by atoms with E-state index >= 15 is 0 Å². The van der Waals surface area contributed by atoms with Crippen molar-refractivity contribution in [3.8, 4) is 0 Å². The molecule has 39 heavy (non-hydrogen) atoms. The van der Waals surface area contributed by atoms with Gasteiger partial charge in [-0.05, 0) is 56.3 Å². The molecule has 1 fully saturated rings. The maximum Gasteiger partial charge on any atom is 0.277 e. The second kappa shape index (κ2) is 11.7. The third-order valence-corrected chi connectivity index (χ3v) is 8.46. The van der Waals surface area contributed by atoms with Crippen molar-refractivity contribution < 1.29 is 17.9 Å². The molecule has 2 atom stereocenters. The minimum atomic E-state index is -3.80. The number of anilines is 2. The average Bonchev–Trinajstić information content (AvgIpc) is 2.91. The van der Waals surface area contributed by atoms with Gasteiger partial charge in [0.2, 0.25) is 10.0 Å². The molecule has 1 amide bonds. The van der Waals surface area contributed by atoms with E-state index in [2.05, 4.69) is 4.99 Å². The maximum absolute atomic E-state index is 13.5. The Morgan fingerprint density at radius 1 is 0.795 bits per heavy atom. The van der Waals surface area contributed by atoms with Crippen LogP contribution in [0.15, 0.2) is 82.7 Å². The van der Waals surface area contributed by atoms with E-state index in [1.165, 1.54) is 16.4 Å². The number of carbonyl (C=O) groups is 1. The third kappa shape index (κ3) is 6.55. The van der Waals surface area contributed by atoms with Crippen molar-refractivity contribution in [1.29, 1.82) is 0 Å². The fourth-order valence-electron chi connectivity index (χ4n) is 4.56. The van der Waals surface area contributed by atoms with Crippen molar-refractivity contribution in [2.75, 3.05) is 51.1 Å². The Bertz CT molecular complexity index is 1390. The number of rotatable bonds is 7. The fourth-order valence-corrected chi connectivity index (χ4v) is 6.20. The number of morpholine rings is 1. The molecule has 0 bridgehead atoms. The lowest BCUT2D eigenvalue weighted by molar-refractivity contribution is -0.0440. The fraction of sp³-hybridized carbons (Fsp3) is 0.333. The highest BCUT2D eigenvalue weighted by Gasteiger charge is 2.32. The topological polar surface area (TPSA) is 82.5 Å². The van der Waals surface area contributed by atoms with Crippen LogP contribution >= 0.6 is 0 Å². The summed E-state index contributed by atoms with van der Waals surface area (Å²) in [4.78, 5) is 22.1. The molecule has 0 saturated carbocycles. The average molecular weight is 549 g/mol. The van der Waals surface area contributed by atoms with E-state index < -0.39 is 15.9 Å². The van der Waals surface area contributed by atoms with E-state index in [0.717, 1.165) is 22.5 Å². The zero-order valence-electron chi connectivity index (χ0n) is 23.3. The SMILES string of the molecule is CC1CN(S(=O)(=O)c2cccc(C(=O)N=C(c3ccc(N(C)C)cc3)c3ccc(N(C)C)cc3)c2)CC(C)O1. The second-order valence-electron chi connectivity index (χ2n) is 10.3. The molecule has 1 aliphatic rings. The molecule has 0 N–H and O–H groups in total. The molecule has 0 aromatic heterocycles. The first kappa shape index (κ1) is 28.5. The number of sulfonamides is 1. The molecule has 1 aliphatic heterocycles. The van der Waals surface area contributed by atoms with Crippen molar-refractivity contribution in [3.63, 3.8) is 0 Å². The number of hydrogen-bond acceptors (Lipinski definition) is 6. The number of aliphatic imine (C=N–C) groups is 1. The van der Waals surface area contributed by atoms with Crippen LogP contribution < -0.4 is 9.80 Å². The zero-order chi connectivity index (χ0) is 28.3. The summed E-state index contributed by atoms with van der Waals surface area (Å²) in [5.41, 5.74) is 4.34. The van der Waals surface area contributed by atoms with Crippen LogP contribution in [-0.4, -0.2) is 77.8 Å². The molecule has 3 aromatic carbocycles. The number of nitrogens with zero attached hydrogens (tertiary/aromatic N) is 4. The Hall–Kier alpha value is -3.53. The van der Waals surface area contributed by atoms with Gasteiger partial charge < -0.3 is 14.5 Å². The highest BCUT2D eigenvalue weighted by molar-refractivity contribution is 7.89. The van der Waals surface area contributed by atoms with Gasteiger partial charge >= 0.3 is 0 Å². The third-order valence-electron chi connectivity index (χ3n) is 6.63. The first-order valence-corrected chi connectivity index (χ1v) is 14.3. The Labute approximate surface area is 231 Å². The minimum absolute atomic E-state index is 0.0667. The maximum atomic E-state index is 13.5. The molecule has 0 aliphatic carbocycles. The first-order valence-electron chi connectivity index (χ1n) is 12.9. The summed E-state index contributed by atoms with van der Waals surface area (Å²) in [6.07, 6.45) is -0.420. The van der Waals surface area contributed by atoms with Crippen molar-refractivity contribution in [1.82, 2.24) is 4.31 Å². The molecule has 1 heterocycles. The van der Waals surface area contributed by atoms with Crippen molar-refractivity contribution in [3.05, 3.63) is 89.5 Å². The van der Waals surface area contributed by atoms with Gasteiger partial charge in [0.05, 0.1) is 22.8 Å². The Morgan fingerprint density at radius 2 is 1.28 bits per heavy atom. The molecular formula is C30H36N4O4S. The molecule has 4 rings (SSSR count). The summed E-state index contributed by atoms with van der Waals surface area (Å²) in [7, 11) is 4.06. The monoisotopic (exact) mass is 548 g/mol. The summed E-state index contributed by atoms with van der Waals surface area (Å²) in [5, 5.41) is 0. The van der Waals surface area contributed by atoms with Gasteiger partial charge in [-0.3, -0.25) is 4.79 Å². The van der Waals surface area contributed by atoms with E-state index in [1.807, 2.05) is 100 Å². The van der Waals surface area contributed by atoms with Crippen LogP contribution in [0.4, 0.5) is 11.4 Å². The molecule has 9 heteroatoms. The standard InChI is InChI=1S/C30H36N4O4S/c1-21-19-34(20-22(2)38-21)39(36,37)28-9-7-8-25(18-28)30(35)31-29(23-10-14-26(15-11-23)32(3)4)24-12-16-27(17-13-24)33(5)6/h7-18,21-22H,19-20H2,1-6H3. The number of carbonyl (C=O) groups excluding carboxylic acids is 1. The van der Waals surface area contributed by atoms with Gasteiger partial charge in [0, 0.05) is 69.3 Å². The number of hydrogen-bond donors (Lipinski definition) is 0. The molecule has 8 nitrogen and oxygen atoms in total. The van der Waals surface area contributed by atoms with Crippen LogP contribution in [0.5, 0.6) is 0 Å². The highest BCUT2D eigenvalue weighted by Crippen LogP contribution is 2.23. The largest absolute Gasteiger partial charge is 0.378 e. The predicted molar refractivity (Wildman–Crippen MR) is 157 cm³/mol.